The van der Waals surface area contributed by atoms with Gasteiger partial charge in [0.2, 0.25) is 0 Å². The molecule has 0 bridgehead atoms. The normalized spacial score (nSPS) is 18.3. The number of nitrogens with one attached hydrogen (secondary N) is 1. The number of hydrogen-bond donors (Lipinski definition) is 3. The van der Waals surface area contributed by atoms with E-state index in [1.807, 2.05) is 0 Å². The molecule has 0 fully saturated rings. The molecule has 0 aliphatic carbocycles. The Morgan fingerprint density at radius 3 is 2.65 bits per heavy atom. The highest BCUT2D eigenvalue weighted by atomic mass is 35.5. The first kappa shape index (κ1) is 25.1. The van der Waals surface area contributed by atoms with Crippen molar-refractivity contribution in [2.24, 2.45) is 0 Å². The quantitative estimate of drug-likeness (QED) is 0.347. The van der Waals surface area contributed by atoms with E-state index in [0.29, 0.717) is 0 Å². The third-order valence-corrected chi connectivity index (χ3v) is 6.34. The van der Waals surface area contributed by atoms with Crippen molar-refractivity contribution in [2.75, 3.05) is 23.4 Å². The van der Waals surface area contributed by atoms with E-state index < -0.39 is 36.9 Å². The van der Waals surface area contributed by atoms with Crippen LogP contribution in [0.15, 0.2) is 30.7 Å². The van der Waals surface area contributed by atoms with Crippen LogP contribution in [0.25, 0.3) is 11.5 Å². The lowest BCUT2D eigenvalue weighted by atomic mass is 9.88. The summed E-state index contributed by atoms with van der Waals surface area (Å²) in [6.45, 7) is -0.324. The Morgan fingerprint density at radius 2 is 1.97 bits per heavy atom. The van der Waals surface area contributed by atoms with Crippen molar-refractivity contribution >= 4 is 46.3 Å². The minimum absolute atomic E-state index is 0.00468. The maximum atomic E-state index is 14.2. The van der Waals surface area contributed by atoms with Crippen LogP contribution in [0.5, 0.6) is 0 Å². The number of anilines is 2. The van der Waals surface area contributed by atoms with Crippen LogP contribution < -0.4 is 10.2 Å². The summed E-state index contributed by atoms with van der Waals surface area (Å²) in [5.74, 6) is 0.0503. The van der Waals surface area contributed by atoms with Crippen molar-refractivity contribution in [3.63, 3.8) is 0 Å². The summed E-state index contributed by atoms with van der Waals surface area (Å²) >= 11 is 12.2. The molecule has 2 atom stereocenters. The number of carbonyl (C=O) groups is 1. The summed E-state index contributed by atoms with van der Waals surface area (Å²) < 4.78 is 43.7. The smallest absolute Gasteiger partial charge is 0.393 e. The number of fused-ring (bicyclic) bond motifs is 3. The molecule has 37 heavy (non-hydrogen) atoms. The maximum absolute atomic E-state index is 14.2. The third kappa shape index (κ3) is 4.13. The van der Waals surface area contributed by atoms with Crippen LogP contribution in [-0.4, -0.2) is 70.1 Å². The molecule has 0 aromatic carbocycles. The molecule has 4 aromatic heterocycles. The lowest BCUT2D eigenvalue weighted by Gasteiger charge is -2.28. The lowest BCUT2D eigenvalue weighted by Crippen LogP contribution is -2.46. The summed E-state index contributed by atoms with van der Waals surface area (Å²) in [6, 6.07) is 1.74. The third-order valence-electron chi connectivity index (χ3n) is 5.88. The van der Waals surface area contributed by atoms with Gasteiger partial charge in [-0.3, -0.25) is 4.90 Å². The van der Waals surface area contributed by atoms with Crippen LogP contribution in [0.4, 0.5) is 29.3 Å². The number of aliphatic hydroxyl groups excluding tert-OH is 2. The molecule has 194 valence electrons. The predicted molar refractivity (Wildman–Crippen MR) is 124 cm³/mol. The second-order valence-corrected chi connectivity index (χ2v) is 9.16. The van der Waals surface area contributed by atoms with Crippen LogP contribution in [0.3, 0.4) is 0 Å². The Kier molecular flexibility index (Phi) is 5.97. The average Bonchev–Trinajstić information content (AvgIpc) is 3.53. The number of aliphatic hydroxyl groups is 2. The van der Waals surface area contributed by atoms with Gasteiger partial charge in [-0.05, 0) is 13.0 Å². The molecule has 2 amide bonds. The van der Waals surface area contributed by atoms with E-state index in [9.17, 15) is 23.1 Å². The van der Waals surface area contributed by atoms with Crippen molar-refractivity contribution in [2.45, 2.75) is 24.6 Å². The van der Waals surface area contributed by atoms with E-state index in [1.54, 1.807) is 0 Å². The fourth-order valence-corrected chi connectivity index (χ4v) is 4.37. The highest BCUT2D eigenvalue weighted by Crippen LogP contribution is 2.50. The predicted octanol–water partition coefficient (Wildman–Crippen LogP) is 2.91. The Hall–Kier alpha value is -3.53. The molecule has 0 saturated heterocycles. The van der Waals surface area contributed by atoms with Gasteiger partial charge in [0.15, 0.2) is 16.6 Å². The van der Waals surface area contributed by atoms with Crippen LogP contribution in [-0.2, 0) is 5.41 Å². The number of alkyl halides is 3. The summed E-state index contributed by atoms with van der Waals surface area (Å²) in [6.07, 6.45) is -2.39. The Labute approximate surface area is 215 Å². The van der Waals surface area contributed by atoms with Crippen LogP contribution in [0.1, 0.15) is 24.4 Å². The second kappa shape index (κ2) is 8.79. The monoisotopic (exact) mass is 557 g/mol. The van der Waals surface area contributed by atoms with Crippen molar-refractivity contribution in [3.8, 4) is 5.82 Å². The largest absolute Gasteiger partial charge is 0.401 e. The van der Waals surface area contributed by atoms with Crippen molar-refractivity contribution < 1.29 is 28.2 Å². The molecule has 4 aromatic rings. The van der Waals surface area contributed by atoms with E-state index in [2.05, 4.69) is 30.6 Å². The van der Waals surface area contributed by atoms with Gasteiger partial charge in [0.1, 0.15) is 17.2 Å². The minimum Gasteiger partial charge on any atom is -0.393 e. The van der Waals surface area contributed by atoms with E-state index in [1.165, 1.54) is 24.5 Å². The molecule has 5 rings (SSSR count). The van der Waals surface area contributed by atoms with Crippen molar-refractivity contribution in [1.82, 2.24) is 34.6 Å². The number of rotatable bonds is 4. The molecule has 17 heteroatoms. The fourth-order valence-electron chi connectivity index (χ4n) is 3.95. The molecule has 0 saturated carbocycles. The molecular weight excluding hydrogens is 542 g/mol. The number of nitrogens with zero attached hydrogens (tertiary/aromatic N) is 8. The number of hydrogen-bond acceptors (Lipinski definition) is 8. The summed E-state index contributed by atoms with van der Waals surface area (Å²) in [5.41, 5.74) is -2.55. The van der Waals surface area contributed by atoms with Gasteiger partial charge in [-0.1, -0.05) is 23.2 Å². The van der Waals surface area contributed by atoms with Crippen molar-refractivity contribution in [1.29, 1.82) is 0 Å². The van der Waals surface area contributed by atoms with Gasteiger partial charge < -0.3 is 15.5 Å². The van der Waals surface area contributed by atoms with E-state index in [4.69, 9.17) is 28.3 Å². The zero-order valence-corrected chi connectivity index (χ0v) is 20.2. The molecule has 3 N–H and O–H groups in total. The molecule has 12 nitrogen and oxygen atoms in total. The van der Waals surface area contributed by atoms with Crippen molar-refractivity contribution in [3.05, 3.63) is 52.3 Å². The highest BCUT2D eigenvalue weighted by Gasteiger charge is 2.60. The number of carbonyl (C=O) groups excluding carboxylic acids is 1. The molecule has 0 radical (unpaired) electrons. The molecule has 1 aliphatic rings. The van der Waals surface area contributed by atoms with E-state index >= 15 is 0 Å². The molecule has 1 unspecified atom stereocenters. The number of aromatic nitrogens is 7. The number of halogens is 5. The molecule has 0 spiro atoms. The van der Waals surface area contributed by atoms with Gasteiger partial charge in [-0.15, -0.1) is 9.90 Å². The van der Waals surface area contributed by atoms with Gasteiger partial charge in [0.05, 0.1) is 47.3 Å². The molecule has 1 aliphatic heterocycles. The van der Waals surface area contributed by atoms with Gasteiger partial charge >= 0.3 is 12.2 Å². The number of urea groups is 1. The maximum Gasteiger partial charge on any atom is 0.401 e. The van der Waals surface area contributed by atoms with Crippen LogP contribution >= 0.6 is 23.2 Å². The fraction of sp³-hybridized carbons (Fsp3) is 0.300. The molecular formula is C20H16Cl2F3N9O3. The molecule has 5 heterocycles. The van der Waals surface area contributed by atoms with Gasteiger partial charge in [-0.25, -0.2) is 19.3 Å². The number of pyridine rings is 1. The standard InChI is InChI=1S/C20H16Cl2F3N9O3/c1-19(20(23,24)25)8-32(12-6-26-15-3-14(22)31-33(15)16(12)19)18(37)29-9-2-10(21)17(27-4-9)34-28-5-11(30-34)13(36)7-35/h2-6,13,35-36H,7-8H2,1H3,(H,29,37)/t13?,19-/m1/s1. The lowest BCUT2D eigenvalue weighted by molar-refractivity contribution is -0.181. The Bertz CT molecular complexity index is 1530. The zero-order valence-electron chi connectivity index (χ0n) is 18.6. The minimum atomic E-state index is -4.73. The van der Waals surface area contributed by atoms with Gasteiger partial charge in [0, 0.05) is 12.6 Å². The second-order valence-electron chi connectivity index (χ2n) is 8.36. The van der Waals surface area contributed by atoms with E-state index in [0.717, 1.165) is 27.3 Å². The highest BCUT2D eigenvalue weighted by molar-refractivity contribution is 6.32. The topological polar surface area (TPSA) is 147 Å². The van der Waals surface area contributed by atoms with Gasteiger partial charge in [0.25, 0.3) is 0 Å². The summed E-state index contributed by atoms with van der Waals surface area (Å²) in [7, 11) is 0. The summed E-state index contributed by atoms with van der Waals surface area (Å²) in [4.78, 5) is 23.2. The van der Waals surface area contributed by atoms with Crippen LogP contribution in [0, 0.1) is 0 Å². The first-order valence-corrected chi connectivity index (χ1v) is 11.3. The first-order valence-electron chi connectivity index (χ1n) is 10.5. The van der Waals surface area contributed by atoms with Gasteiger partial charge in [-0.2, -0.15) is 23.4 Å². The number of amides is 2. The van der Waals surface area contributed by atoms with E-state index in [-0.39, 0.29) is 44.4 Å². The first-order chi connectivity index (χ1) is 17.4. The SMILES string of the molecule is C[C@@]1(C(F)(F)F)CN(C(=O)Nc2cnc(-n3ncc(C(O)CO)n3)c(Cl)c2)c2cnc3cc(Cl)nn3c21. The average molecular weight is 558 g/mol. The summed E-state index contributed by atoms with van der Waals surface area (Å²) in [5, 5.41) is 33.0. The Morgan fingerprint density at radius 1 is 1.22 bits per heavy atom. The Balaban J connectivity index is 1.45. The van der Waals surface area contributed by atoms with Crippen LogP contribution in [0.2, 0.25) is 10.2 Å². The zero-order chi connectivity index (χ0) is 26.7.